The highest BCUT2D eigenvalue weighted by molar-refractivity contribution is 9.10. The summed E-state index contributed by atoms with van der Waals surface area (Å²) < 4.78 is 13.9. The Morgan fingerprint density at radius 1 is 1.20 bits per heavy atom. The summed E-state index contributed by atoms with van der Waals surface area (Å²) in [5, 5.41) is 1.73. The maximum absolute atomic E-state index is 13.0. The van der Waals surface area contributed by atoms with E-state index in [1.54, 1.807) is 23.6 Å². The third-order valence-corrected chi connectivity index (χ3v) is 4.06. The fourth-order valence-corrected chi connectivity index (χ4v) is 2.63. The van der Waals surface area contributed by atoms with Crippen molar-refractivity contribution < 1.29 is 9.18 Å². The van der Waals surface area contributed by atoms with Crippen LogP contribution in [0.1, 0.15) is 10.4 Å². The maximum atomic E-state index is 13.0. The molecule has 0 N–H and O–H groups in total. The normalized spacial score (nSPS) is 10.9. The lowest BCUT2D eigenvalue weighted by molar-refractivity contribution is 0.104. The van der Waals surface area contributed by atoms with Crippen LogP contribution in [0.5, 0.6) is 0 Å². The number of carbonyl (C=O) groups excluding carboxylic acids is 1. The molecule has 0 radical (unpaired) electrons. The Hall–Kier alpha value is -1.10. The van der Waals surface area contributed by atoms with Crippen molar-refractivity contribution in [2.75, 3.05) is 0 Å². The van der Waals surface area contributed by atoms with Crippen LogP contribution < -0.4 is 0 Å². The number of allylic oxidation sites excluding steroid dienone is 1. The van der Waals surface area contributed by atoms with Crippen molar-refractivity contribution in [1.82, 2.24) is 0 Å². The van der Waals surface area contributed by atoms with Crippen LogP contribution >= 0.6 is 39.3 Å². The number of ketones is 1. The number of halogens is 3. The lowest BCUT2D eigenvalue weighted by atomic mass is 10.1. The molecule has 0 atom stereocenters. The van der Waals surface area contributed by atoms with Gasteiger partial charge in [0.25, 0.3) is 0 Å². The highest BCUT2D eigenvalue weighted by atomic mass is 79.9. The third kappa shape index (κ3) is 4.20. The van der Waals surface area contributed by atoms with Crippen LogP contribution in [0.25, 0.3) is 0 Å². The molecular formula is C15H9BrClFOS. The molecule has 20 heavy (non-hydrogen) atoms. The Bertz CT molecular complexity index is 655. The van der Waals surface area contributed by atoms with E-state index < -0.39 is 5.82 Å². The van der Waals surface area contributed by atoms with E-state index in [0.717, 1.165) is 9.37 Å². The van der Waals surface area contributed by atoms with Crippen molar-refractivity contribution in [2.24, 2.45) is 0 Å². The first-order valence-corrected chi connectivity index (χ1v) is 7.69. The predicted molar refractivity (Wildman–Crippen MR) is 84.9 cm³/mol. The minimum absolute atomic E-state index is 0.0719. The van der Waals surface area contributed by atoms with E-state index in [2.05, 4.69) is 15.9 Å². The van der Waals surface area contributed by atoms with Gasteiger partial charge in [-0.05, 0) is 53.9 Å². The fraction of sp³-hybridized carbons (Fsp3) is 0. The van der Waals surface area contributed by atoms with Crippen molar-refractivity contribution in [3.05, 3.63) is 74.8 Å². The summed E-state index contributed by atoms with van der Waals surface area (Å²) in [6.45, 7) is 0. The van der Waals surface area contributed by atoms with Gasteiger partial charge in [-0.3, -0.25) is 4.79 Å². The van der Waals surface area contributed by atoms with Crippen LogP contribution in [-0.2, 0) is 0 Å². The summed E-state index contributed by atoms with van der Waals surface area (Å²) >= 11 is 10.3. The van der Waals surface area contributed by atoms with Crippen LogP contribution in [0.2, 0.25) is 5.02 Å². The molecule has 0 heterocycles. The SMILES string of the molecule is O=C(/C=C/Sc1ccc(F)c(Cl)c1)c1ccc(Br)cc1. The Labute approximate surface area is 134 Å². The fourth-order valence-electron chi connectivity index (χ4n) is 1.43. The van der Waals surface area contributed by atoms with E-state index in [4.69, 9.17) is 11.6 Å². The zero-order valence-electron chi connectivity index (χ0n) is 10.1. The van der Waals surface area contributed by atoms with Gasteiger partial charge in [-0.25, -0.2) is 4.39 Å². The Morgan fingerprint density at radius 2 is 1.90 bits per heavy atom. The van der Waals surface area contributed by atoms with Gasteiger partial charge >= 0.3 is 0 Å². The van der Waals surface area contributed by atoms with Crippen LogP contribution in [0.15, 0.2) is 63.3 Å². The molecule has 0 aliphatic rings. The molecule has 0 aromatic heterocycles. The first-order valence-electron chi connectivity index (χ1n) is 5.64. The molecule has 0 bridgehead atoms. The summed E-state index contributed by atoms with van der Waals surface area (Å²) in [7, 11) is 0. The molecule has 2 aromatic carbocycles. The van der Waals surface area contributed by atoms with E-state index in [-0.39, 0.29) is 10.8 Å². The zero-order valence-corrected chi connectivity index (χ0v) is 13.3. The summed E-state index contributed by atoms with van der Waals surface area (Å²) in [6.07, 6.45) is 1.48. The lowest BCUT2D eigenvalue weighted by Crippen LogP contribution is -1.92. The molecule has 2 rings (SSSR count). The smallest absolute Gasteiger partial charge is 0.186 e. The first kappa shape index (κ1) is 15.3. The first-order chi connectivity index (χ1) is 9.56. The second kappa shape index (κ2) is 7.07. The Kier molecular flexibility index (Phi) is 5.40. The van der Waals surface area contributed by atoms with Crippen LogP contribution in [0.4, 0.5) is 4.39 Å². The largest absolute Gasteiger partial charge is 0.289 e. The van der Waals surface area contributed by atoms with Crippen molar-refractivity contribution in [3.8, 4) is 0 Å². The number of rotatable bonds is 4. The van der Waals surface area contributed by atoms with Gasteiger partial charge in [0.05, 0.1) is 5.02 Å². The second-order valence-corrected chi connectivity index (χ2v) is 6.17. The lowest BCUT2D eigenvalue weighted by Gasteiger charge is -1.98. The average Bonchev–Trinajstić information content (AvgIpc) is 2.43. The number of thioether (sulfide) groups is 1. The van der Waals surface area contributed by atoms with Crippen LogP contribution in [0.3, 0.4) is 0 Å². The van der Waals surface area contributed by atoms with E-state index in [0.29, 0.717) is 5.56 Å². The molecule has 0 aliphatic carbocycles. The molecule has 0 saturated heterocycles. The van der Waals surface area contributed by atoms with Crippen LogP contribution in [0, 0.1) is 5.82 Å². The monoisotopic (exact) mass is 370 g/mol. The minimum atomic E-state index is -0.453. The van der Waals surface area contributed by atoms with Gasteiger partial charge in [0, 0.05) is 14.9 Å². The molecule has 1 nitrogen and oxygen atoms in total. The number of hydrogen-bond acceptors (Lipinski definition) is 2. The minimum Gasteiger partial charge on any atom is -0.289 e. The third-order valence-electron chi connectivity index (χ3n) is 2.44. The van der Waals surface area contributed by atoms with Gasteiger partial charge < -0.3 is 0 Å². The second-order valence-electron chi connectivity index (χ2n) is 3.87. The summed E-state index contributed by atoms with van der Waals surface area (Å²) in [6, 6.07) is 11.6. The zero-order chi connectivity index (χ0) is 14.5. The molecule has 0 unspecified atom stereocenters. The van der Waals surface area contributed by atoms with Gasteiger partial charge in [0.15, 0.2) is 5.78 Å². The van der Waals surface area contributed by atoms with Gasteiger partial charge in [-0.15, -0.1) is 0 Å². The molecule has 2 aromatic rings. The Balaban J connectivity index is 2.00. The molecular weight excluding hydrogens is 363 g/mol. The quantitative estimate of drug-likeness (QED) is 0.388. The van der Waals surface area contributed by atoms with Crippen molar-refractivity contribution >= 4 is 45.1 Å². The molecule has 102 valence electrons. The van der Waals surface area contributed by atoms with Gasteiger partial charge in [-0.1, -0.05) is 39.3 Å². The molecule has 0 amide bonds. The van der Waals surface area contributed by atoms with Crippen molar-refractivity contribution in [1.29, 1.82) is 0 Å². The van der Waals surface area contributed by atoms with Crippen molar-refractivity contribution in [3.63, 3.8) is 0 Å². The molecule has 5 heteroatoms. The molecule has 0 fully saturated rings. The summed E-state index contributed by atoms with van der Waals surface area (Å²) in [5.41, 5.74) is 0.613. The topological polar surface area (TPSA) is 17.1 Å². The number of carbonyl (C=O) groups is 1. The average molecular weight is 372 g/mol. The Morgan fingerprint density at radius 3 is 2.55 bits per heavy atom. The number of benzene rings is 2. The molecule has 0 spiro atoms. The van der Waals surface area contributed by atoms with Gasteiger partial charge in [0.2, 0.25) is 0 Å². The van der Waals surface area contributed by atoms with Gasteiger partial charge in [0.1, 0.15) is 5.82 Å². The predicted octanol–water partition coefficient (Wildman–Crippen LogP) is 5.73. The van der Waals surface area contributed by atoms with E-state index in [9.17, 15) is 9.18 Å². The summed E-state index contributed by atoms with van der Waals surface area (Å²) in [4.78, 5) is 12.6. The highest BCUT2D eigenvalue weighted by Crippen LogP contribution is 2.25. The van der Waals surface area contributed by atoms with E-state index in [1.165, 1.54) is 30.0 Å². The molecule has 0 saturated carbocycles. The van der Waals surface area contributed by atoms with Crippen molar-refractivity contribution in [2.45, 2.75) is 4.90 Å². The molecule has 0 aliphatic heterocycles. The summed E-state index contributed by atoms with van der Waals surface area (Å²) in [5.74, 6) is -0.538. The maximum Gasteiger partial charge on any atom is 0.186 e. The number of hydrogen-bond donors (Lipinski definition) is 0. The highest BCUT2D eigenvalue weighted by Gasteiger charge is 2.02. The van der Waals surface area contributed by atoms with Crippen LogP contribution in [-0.4, -0.2) is 5.78 Å². The standard InChI is InChI=1S/C15H9BrClFOS/c16-11-3-1-10(2-4-11)15(19)7-8-20-12-5-6-14(18)13(17)9-12/h1-9H/b8-7+. The van der Waals surface area contributed by atoms with E-state index in [1.807, 2.05) is 12.1 Å². The van der Waals surface area contributed by atoms with E-state index >= 15 is 0 Å². The van der Waals surface area contributed by atoms with Gasteiger partial charge in [-0.2, -0.15) is 0 Å².